The van der Waals surface area contributed by atoms with E-state index in [4.69, 9.17) is 14.5 Å². The topological polar surface area (TPSA) is 90.6 Å². The van der Waals surface area contributed by atoms with Gasteiger partial charge in [-0.15, -0.1) is 10.2 Å². The van der Waals surface area contributed by atoms with E-state index in [1.165, 1.54) is 0 Å². The summed E-state index contributed by atoms with van der Waals surface area (Å²) >= 11 is 0. The Morgan fingerprint density at radius 3 is 2.67 bits per heavy atom. The summed E-state index contributed by atoms with van der Waals surface area (Å²) in [5, 5.41) is 12.1. The molecule has 1 N–H and O–H groups in total. The molecular weight excluding hydrogens is 382 g/mol. The lowest BCUT2D eigenvalue weighted by Crippen LogP contribution is -2.23. The minimum absolute atomic E-state index is 0.141. The summed E-state index contributed by atoms with van der Waals surface area (Å²) in [5.41, 5.74) is 2.07. The number of aryl methyl sites for hydroxylation is 1. The van der Waals surface area contributed by atoms with Crippen molar-refractivity contribution in [3.63, 3.8) is 0 Å². The van der Waals surface area contributed by atoms with Gasteiger partial charge in [0.15, 0.2) is 5.82 Å². The van der Waals surface area contributed by atoms with E-state index >= 15 is 0 Å². The summed E-state index contributed by atoms with van der Waals surface area (Å²) in [5.74, 6) is 2.21. The standard InChI is InChI=1S/C22H31N5O3/c1-6-18-25-26-21-20(23-13-9-7-8-10-19(28)30-22(2,3)4)24-16-14-15(29-5)11-12-17(16)27(18)21/h11-12,14H,6-10,13H2,1-5H3,(H,23,24). The van der Waals surface area contributed by atoms with Crippen LogP contribution in [0.1, 0.15) is 59.2 Å². The molecule has 0 saturated carbocycles. The van der Waals surface area contributed by atoms with Gasteiger partial charge in [0.05, 0.1) is 18.1 Å². The molecule has 2 aromatic heterocycles. The summed E-state index contributed by atoms with van der Waals surface area (Å²) in [6.45, 7) is 8.45. The molecule has 0 amide bonds. The van der Waals surface area contributed by atoms with Gasteiger partial charge >= 0.3 is 5.97 Å². The molecule has 3 rings (SSSR count). The number of esters is 1. The number of ether oxygens (including phenoxy) is 2. The van der Waals surface area contributed by atoms with Gasteiger partial charge in [-0.2, -0.15) is 0 Å². The number of hydrogen-bond donors (Lipinski definition) is 1. The number of aromatic nitrogens is 4. The van der Waals surface area contributed by atoms with E-state index in [-0.39, 0.29) is 5.97 Å². The quantitative estimate of drug-likeness (QED) is 0.416. The Hall–Kier alpha value is -2.90. The monoisotopic (exact) mass is 413 g/mol. The molecule has 2 heterocycles. The van der Waals surface area contributed by atoms with Crippen LogP contribution in [0.4, 0.5) is 5.82 Å². The summed E-state index contributed by atoms with van der Waals surface area (Å²) < 4.78 is 12.7. The summed E-state index contributed by atoms with van der Waals surface area (Å²) in [7, 11) is 1.65. The van der Waals surface area contributed by atoms with Crippen molar-refractivity contribution < 1.29 is 14.3 Å². The first kappa shape index (κ1) is 21.8. The SMILES string of the molecule is CCc1nnc2c(NCCCCCC(=O)OC(C)(C)C)nc3cc(OC)ccc3n12. The van der Waals surface area contributed by atoms with Crippen LogP contribution in [0.15, 0.2) is 18.2 Å². The first-order chi connectivity index (χ1) is 14.3. The second kappa shape index (κ2) is 9.28. The smallest absolute Gasteiger partial charge is 0.306 e. The summed E-state index contributed by atoms with van der Waals surface area (Å²) in [4.78, 5) is 16.5. The molecule has 0 unspecified atom stereocenters. The normalized spacial score (nSPS) is 11.8. The number of rotatable bonds is 9. The molecule has 0 saturated heterocycles. The predicted octanol–water partition coefficient (Wildman–Crippen LogP) is 4.16. The van der Waals surface area contributed by atoms with Crippen LogP contribution in [0.5, 0.6) is 5.75 Å². The van der Waals surface area contributed by atoms with E-state index in [0.717, 1.165) is 60.5 Å². The average Bonchev–Trinajstić information content (AvgIpc) is 3.13. The number of hydrogen-bond acceptors (Lipinski definition) is 7. The molecule has 0 spiro atoms. The predicted molar refractivity (Wildman–Crippen MR) is 117 cm³/mol. The molecule has 162 valence electrons. The van der Waals surface area contributed by atoms with Crippen molar-refractivity contribution in [3.8, 4) is 5.75 Å². The molecule has 1 aromatic carbocycles. The van der Waals surface area contributed by atoms with Gasteiger partial charge in [0, 0.05) is 25.5 Å². The second-order valence-corrected chi connectivity index (χ2v) is 8.27. The molecule has 30 heavy (non-hydrogen) atoms. The van der Waals surface area contributed by atoms with Gasteiger partial charge < -0.3 is 14.8 Å². The highest BCUT2D eigenvalue weighted by molar-refractivity contribution is 5.84. The van der Waals surface area contributed by atoms with Crippen molar-refractivity contribution in [3.05, 3.63) is 24.0 Å². The van der Waals surface area contributed by atoms with Gasteiger partial charge in [0.2, 0.25) is 5.65 Å². The highest BCUT2D eigenvalue weighted by atomic mass is 16.6. The zero-order chi connectivity index (χ0) is 21.7. The molecule has 0 aliphatic carbocycles. The van der Waals surface area contributed by atoms with Gasteiger partial charge in [-0.25, -0.2) is 4.98 Å². The van der Waals surface area contributed by atoms with E-state index in [2.05, 4.69) is 22.4 Å². The van der Waals surface area contributed by atoms with Crippen LogP contribution in [0.2, 0.25) is 0 Å². The van der Waals surface area contributed by atoms with Gasteiger partial charge in [-0.1, -0.05) is 13.3 Å². The lowest BCUT2D eigenvalue weighted by molar-refractivity contribution is -0.154. The minimum atomic E-state index is -0.427. The van der Waals surface area contributed by atoms with E-state index in [1.54, 1.807) is 7.11 Å². The third-order valence-electron chi connectivity index (χ3n) is 4.68. The molecule has 0 atom stereocenters. The maximum absolute atomic E-state index is 11.8. The fourth-order valence-electron chi connectivity index (χ4n) is 3.32. The molecule has 0 fully saturated rings. The Balaban J connectivity index is 1.65. The average molecular weight is 414 g/mol. The number of anilines is 1. The van der Waals surface area contributed by atoms with E-state index in [0.29, 0.717) is 12.2 Å². The van der Waals surface area contributed by atoms with Crippen LogP contribution in [0, 0.1) is 0 Å². The minimum Gasteiger partial charge on any atom is -0.497 e. The van der Waals surface area contributed by atoms with Gasteiger partial charge in [0.25, 0.3) is 0 Å². The van der Waals surface area contributed by atoms with Crippen LogP contribution in [-0.2, 0) is 16.0 Å². The van der Waals surface area contributed by atoms with Crippen molar-refractivity contribution in [2.45, 2.75) is 65.4 Å². The number of carbonyl (C=O) groups is 1. The molecule has 8 nitrogen and oxygen atoms in total. The fourth-order valence-corrected chi connectivity index (χ4v) is 3.32. The highest BCUT2D eigenvalue weighted by Gasteiger charge is 2.16. The molecule has 0 aliphatic rings. The largest absolute Gasteiger partial charge is 0.497 e. The number of carbonyl (C=O) groups excluding carboxylic acids is 1. The van der Waals surface area contributed by atoms with Crippen LogP contribution in [0.3, 0.4) is 0 Å². The molecule has 3 aromatic rings. The molecule has 8 heteroatoms. The van der Waals surface area contributed by atoms with Crippen molar-refractivity contribution in [2.75, 3.05) is 19.0 Å². The maximum atomic E-state index is 11.8. The third kappa shape index (κ3) is 5.17. The lowest BCUT2D eigenvalue weighted by Gasteiger charge is -2.19. The zero-order valence-electron chi connectivity index (χ0n) is 18.5. The van der Waals surface area contributed by atoms with Gasteiger partial charge in [0.1, 0.15) is 17.2 Å². The van der Waals surface area contributed by atoms with Crippen LogP contribution >= 0.6 is 0 Å². The van der Waals surface area contributed by atoms with E-state index in [9.17, 15) is 4.79 Å². The van der Waals surface area contributed by atoms with Crippen molar-refractivity contribution >= 4 is 28.5 Å². The molecule has 0 bridgehead atoms. The molecule has 0 aliphatic heterocycles. The maximum Gasteiger partial charge on any atom is 0.306 e. The van der Waals surface area contributed by atoms with Crippen molar-refractivity contribution in [1.82, 2.24) is 19.6 Å². The number of benzene rings is 1. The summed E-state index contributed by atoms with van der Waals surface area (Å²) in [6.07, 6.45) is 3.87. The molecular formula is C22H31N5O3. The Bertz CT molecular complexity index is 1020. The zero-order valence-corrected chi connectivity index (χ0v) is 18.5. The number of fused-ring (bicyclic) bond motifs is 3. The second-order valence-electron chi connectivity index (χ2n) is 8.27. The fraction of sp³-hybridized carbons (Fsp3) is 0.545. The lowest BCUT2D eigenvalue weighted by atomic mass is 10.1. The van der Waals surface area contributed by atoms with Crippen LogP contribution in [-0.4, -0.2) is 44.8 Å². The third-order valence-corrected chi connectivity index (χ3v) is 4.68. The van der Waals surface area contributed by atoms with Crippen LogP contribution in [0.25, 0.3) is 16.7 Å². The number of methoxy groups -OCH3 is 1. The number of unbranched alkanes of at least 4 members (excludes halogenated alkanes) is 2. The molecule has 0 radical (unpaired) electrons. The van der Waals surface area contributed by atoms with Gasteiger partial charge in [-0.05, 0) is 45.7 Å². The Kier molecular flexibility index (Phi) is 6.74. The van der Waals surface area contributed by atoms with E-state index < -0.39 is 5.60 Å². The Morgan fingerprint density at radius 2 is 1.97 bits per heavy atom. The first-order valence-corrected chi connectivity index (χ1v) is 10.5. The van der Waals surface area contributed by atoms with E-state index in [1.807, 2.05) is 43.4 Å². The van der Waals surface area contributed by atoms with Crippen molar-refractivity contribution in [2.24, 2.45) is 0 Å². The van der Waals surface area contributed by atoms with Crippen LogP contribution < -0.4 is 10.1 Å². The Morgan fingerprint density at radius 1 is 1.17 bits per heavy atom. The highest BCUT2D eigenvalue weighted by Crippen LogP contribution is 2.25. The van der Waals surface area contributed by atoms with Crippen molar-refractivity contribution in [1.29, 1.82) is 0 Å². The first-order valence-electron chi connectivity index (χ1n) is 10.5. The number of nitrogens with one attached hydrogen (secondary N) is 1. The van der Waals surface area contributed by atoms with Gasteiger partial charge in [-0.3, -0.25) is 9.20 Å². The summed E-state index contributed by atoms with van der Waals surface area (Å²) in [6, 6.07) is 5.82. The Labute approximate surface area is 177 Å². The number of nitrogens with zero attached hydrogens (tertiary/aromatic N) is 4.